The largest absolute Gasteiger partial charge is 0.504 e. The zero-order valence-corrected chi connectivity index (χ0v) is 8.24. The van der Waals surface area contributed by atoms with Crippen molar-refractivity contribution in [2.45, 2.75) is 0 Å². The van der Waals surface area contributed by atoms with Gasteiger partial charge in [0, 0.05) is 6.07 Å². The van der Waals surface area contributed by atoms with E-state index in [1.807, 2.05) is 0 Å². The molecular formula is C7H6O7S. The third kappa shape index (κ3) is 1.38. The molecule has 2 rings (SSSR count). The van der Waals surface area contributed by atoms with Crippen molar-refractivity contribution < 1.29 is 31.7 Å². The van der Waals surface area contributed by atoms with Gasteiger partial charge >= 0.3 is 10.4 Å². The summed E-state index contributed by atoms with van der Waals surface area (Å²) in [6, 6.07) is 0.914. The summed E-state index contributed by atoms with van der Waals surface area (Å²) in [5, 5.41) is 18.5. The fourth-order valence-electron chi connectivity index (χ4n) is 1.15. The van der Waals surface area contributed by atoms with Gasteiger partial charge in [-0.15, -0.1) is 8.42 Å². The summed E-state index contributed by atoms with van der Waals surface area (Å²) in [5.74, 6) is -2.00. The Balaban J connectivity index is 2.69. The van der Waals surface area contributed by atoms with Crippen LogP contribution < -0.4 is 13.1 Å². The second-order valence-corrected chi connectivity index (χ2v) is 3.83. The summed E-state index contributed by atoms with van der Waals surface area (Å²) in [7, 11) is -2.99. The zero-order valence-electron chi connectivity index (χ0n) is 7.42. The monoisotopic (exact) mass is 234 g/mol. The van der Waals surface area contributed by atoms with Crippen molar-refractivity contribution in [3.05, 3.63) is 6.07 Å². The molecule has 0 saturated heterocycles. The number of methoxy groups -OCH3 is 1. The Labute approximate surface area is 84.8 Å². The van der Waals surface area contributed by atoms with Crippen LogP contribution in [0.25, 0.3) is 0 Å². The lowest BCUT2D eigenvalue weighted by Crippen LogP contribution is -2.08. The maximum absolute atomic E-state index is 10.9. The molecule has 0 atom stereocenters. The number of ether oxygens (including phenoxy) is 1. The van der Waals surface area contributed by atoms with Crippen molar-refractivity contribution in [2.24, 2.45) is 0 Å². The first kappa shape index (κ1) is 9.71. The molecule has 8 heteroatoms. The van der Waals surface area contributed by atoms with E-state index in [-0.39, 0.29) is 17.2 Å². The lowest BCUT2D eigenvalue weighted by atomic mass is 10.2. The first-order chi connectivity index (χ1) is 6.94. The summed E-state index contributed by atoms with van der Waals surface area (Å²) in [5.41, 5.74) is 0. The third-order valence-electron chi connectivity index (χ3n) is 1.74. The molecule has 1 aliphatic rings. The second kappa shape index (κ2) is 2.83. The van der Waals surface area contributed by atoms with E-state index >= 15 is 0 Å². The van der Waals surface area contributed by atoms with E-state index in [0.717, 1.165) is 6.07 Å². The number of phenolic OH excluding ortho intramolecular Hbond substituents is 2. The van der Waals surface area contributed by atoms with E-state index in [0.29, 0.717) is 0 Å². The number of fused-ring (bicyclic) bond motifs is 1. The van der Waals surface area contributed by atoms with Crippen LogP contribution in [0.2, 0.25) is 0 Å². The molecule has 0 fully saturated rings. The van der Waals surface area contributed by atoms with Crippen LogP contribution in [0.4, 0.5) is 0 Å². The summed E-state index contributed by atoms with van der Waals surface area (Å²) in [4.78, 5) is 0. The highest BCUT2D eigenvalue weighted by atomic mass is 32.3. The van der Waals surface area contributed by atoms with Gasteiger partial charge < -0.3 is 23.3 Å². The number of rotatable bonds is 1. The van der Waals surface area contributed by atoms with Gasteiger partial charge in [0.15, 0.2) is 11.5 Å². The van der Waals surface area contributed by atoms with E-state index in [1.54, 1.807) is 0 Å². The smallest absolute Gasteiger partial charge is 0.501 e. The van der Waals surface area contributed by atoms with Crippen molar-refractivity contribution in [1.29, 1.82) is 0 Å². The van der Waals surface area contributed by atoms with Gasteiger partial charge in [-0.3, -0.25) is 0 Å². The van der Waals surface area contributed by atoms with E-state index in [2.05, 4.69) is 13.1 Å². The Morgan fingerprint density at radius 3 is 2.60 bits per heavy atom. The van der Waals surface area contributed by atoms with Crippen LogP contribution >= 0.6 is 0 Å². The van der Waals surface area contributed by atoms with E-state index in [4.69, 9.17) is 0 Å². The van der Waals surface area contributed by atoms with Gasteiger partial charge in [-0.1, -0.05) is 0 Å². The van der Waals surface area contributed by atoms with Crippen molar-refractivity contribution in [3.8, 4) is 28.7 Å². The molecule has 0 saturated carbocycles. The highest BCUT2D eigenvalue weighted by molar-refractivity contribution is 7.82. The van der Waals surface area contributed by atoms with E-state index in [9.17, 15) is 18.6 Å². The van der Waals surface area contributed by atoms with Gasteiger partial charge in [0.25, 0.3) is 0 Å². The van der Waals surface area contributed by atoms with Crippen molar-refractivity contribution in [2.75, 3.05) is 7.11 Å². The molecular weight excluding hydrogens is 228 g/mol. The molecule has 1 aromatic rings. The minimum Gasteiger partial charge on any atom is -0.504 e. The summed E-state index contributed by atoms with van der Waals surface area (Å²) in [6.45, 7) is 0. The molecule has 0 spiro atoms. The van der Waals surface area contributed by atoms with Gasteiger partial charge in [0.05, 0.1) is 7.11 Å². The summed E-state index contributed by atoms with van der Waals surface area (Å²) < 4.78 is 35.3. The molecule has 0 bridgehead atoms. The highest BCUT2D eigenvalue weighted by Crippen LogP contribution is 2.52. The standard InChI is InChI=1S/C7H6O7S/c1-12-7-5(9)3(8)2-4-6(7)14-15(10,11)13-4/h2,8-9H,1H3. The molecule has 1 aliphatic heterocycles. The normalized spacial score (nSPS) is 16.3. The number of hydrogen-bond acceptors (Lipinski definition) is 7. The number of aromatic hydroxyl groups is 2. The SMILES string of the molecule is COc1c(O)c(O)cc2c1OS(=O)(=O)O2. The Hall–Kier alpha value is -1.83. The molecule has 0 aromatic heterocycles. The molecule has 15 heavy (non-hydrogen) atoms. The van der Waals surface area contributed by atoms with Crippen molar-refractivity contribution in [1.82, 2.24) is 0 Å². The summed E-state index contributed by atoms with van der Waals surface area (Å²) in [6.07, 6.45) is 0. The van der Waals surface area contributed by atoms with Crippen LogP contribution in [0.5, 0.6) is 28.7 Å². The Bertz CT molecular complexity index is 519. The number of hydrogen-bond donors (Lipinski definition) is 2. The first-order valence-corrected chi connectivity index (χ1v) is 5.05. The topological polar surface area (TPSA) is 102 Å². The van der Waals surface area contributed by atoms with Crippen molar-refractivity contribution in [3.63, 3.8) is 0 Å². The lowest BCUT2D eigenvalue weighted by molar-refractivity contribution is 0.341. The lowest BCUT2D eigenvalue weighted by Gasteiger charge is -2.06. The number of benzene rings is 1. The average molecular weight is 234 g/mol. The summed E-state index contributed by atoms with van der Waals surface area (Å²) >= 11 is 0. The molecule has 82 valence electrons. The average Bonchev–Trinajstić information content (AvgIpc) is 2.41. The third-order valence-corrected chi connectivity index (χ3v) is 2.49. The number of phenols is 2. The molecule has 0 unspecified atom stereocenters. The molecule has 0 radical (unpaired) electrons. The predicted octanol–water partition coefficient (Wildman–Crippen LogP) is 0.122. The van der Waals surface area contributed by atoms with Crippen LogP contribution in [0.1, 0.15) is 0 Å². The quantitative estimate of drug-likeness (QED) is 0.665. The Morgan fingerprint density at radius 2 is 2.00 bits per heavy atom. The molecule has 1 heterocycles. The van der Waals surface area contributed by atoms with Crippen LogP contribution in [-0.2, 0) is 10.4 Å². The van der Waals surface area contributed by atoms with Gasteiger partial charge in [-0.2, -0.15) is 0 Å². The predicted molar refractivity (Wildman–Crippen MR) is 46.5 cm³/mol. The van der Waals surface area contributed by atoms with Crippen LogP contribution in [0.3, 0.4) is 0 Å². The fraction of sp³-hybridized carbons (Fsp3) is 0.143. The van der Waals surface area contributed by atoms with Crippen LogP contribution in [0, 0.1) is 0 Å². The Kier molecular flexibility index (Phi) is 1.83. The van der Waals surface area contributed by atoms with Gasteiger partial charge in [0.1, 0.15) is 0 Å². The molecule has 1 aromatic carbocycles. The maximum Gasteiger partial charge on any atom is 0.501 e. The van der Waals surface area contributed by atoms with Gasteiger partial charge in [-0.05, 0) is 0 Å². The zero-order chi connectivity index (χ0) is 11.2. The van der Waals surface area contributed by atoms with Gasteiger partial charge in [-0.25, -0.2) is 0 Å². The molecule has 0 amide bonds. The highest BCUT2D eigenvalue weighted by Gasteiger charge is 2.35. The molecule has 2 N–H and O–H groups in total. The van der Waals surface area contributed by atoms with E-state index < -0.39 is 21.9 Å². The van der Waals surface area contributed by atoms with E-state index in [1.165, 1.54) is 7.11 Å². The van der Waals surface area contributed by atoms with Crippen LogP contribution in [0.15, 0.2) is 6.07 Å². The molecule has 7 nitrogen and oxygen atoms in total. The second-order valence-electron chi connectivity index (χ2n) is 2.68. The minimum absolute atomic E-state index is 0.234. The fourth-order valence-corrected chi connectivity index (χ4v) is 1.89. The van der Waals surface area contributed by atoms with Crippen LogP contribution in [-0.4, -0.2) is 25.7 Å². The van der Waals surface area contributed by atoms with Gasteiger partial charge in [0.2, 0.25) is 17.2 Å². The maximum atomic E-state index is 10.9. The molecule has 0 aliphatic carbocycles. The first-order valence-electron chi connectivity index (χ1n) is 3.71. The minimum atomic E-state index is -4.17. The Morgan fingerprint density at radius 1 is 1.33 bits per heavy atom. The van der Waals surface area contributed by atoms with Crippen molar-refractivity contribution >= 4 is 10.4 Å².